The van der Waals surface area contributed by atoms with Crippen LogP contribution in [0.15, 0.2) is 0 Å². The van der Waals surface area contributed by atoms with E-state index in [0.29, 0.717) is 17.2 Å². The van der Waals surface area contributed by atoms with Gasteiger partial charge in [0.2, 0.25) is 5.91 Å². The first kappa shape index (κ1) is 10.7. The first-order valence-corrected chi connectivity index (χ1v) is 5.76. The number of carbonyl (C=O) groups excluding carboxylic acids is 1. The van der Waals surface area contributed by atoms with Crippen molar-refractivity contribution in [2.45, 2.75) is 12.8 Å². The van der Waals surface area contributed by atoms with Crippen LogP contribution >= 0.6 is 10.8 Å². The molecule has 0 radical (unpaired) electrons. The summed E-state index contributed by atoms with van der Waals surface area (Å²) in [7, 11) is -3.56. The van der Waals surface area contributed by atoms with Crippen molar-refractivity contribution in [1.82, 2.24) is 0 Å². The predicted octanol–water partition coefficient (Wildman–Crippen LogP) is -0.212. The average Bonchev–Trinajstić information content (AvgIpc) is 1.78. The normalized spacial score (nSPS) is 11.4. The van der Waals surface area contributed by atoms with Crippen LogP contribution < -0.4 is 5.73 Å². The van der Waals surface area contributed by atoms with Crippen LogP contribution in [-0.2, 0) is 13.9 Å². The van der Waals surface area contributed by atoms with E-state index in [4.69, 9.17) is 10.3 Å². The van der Waals surface area contributed by atoms with Gasteiger partial charge >= 0.3 is 9.15 Å². The summed E-state index contributed by atoms with van der Waals surface area (Å²) in [6.45, 7) is 0. The van der Waals surface area contributed by atoms with Crippen molar-refractivity contribution in [3.63, 3.8) is 0 Å². The van der Waals surface area contributed by atoms with Crippen LogP contribution in [0.4, 0.5) is 0 Å². The van der Waals surface area contributed by atoms with Gasteiger partial charge in [-0.3, -0.25) is 9.35 Å². The smallest absolute Gasteiger partial charge is 0.319 e. The summed E-state index contributed by atoms with van der Waals surface area (Å²) in [5, 5.41) is 0. The molecule has 1 amide bonds. The molecule has 3 N–H and O–H groups in total. The fourth-order valence-corrected chi connectivity index (χ4v) is 1.87. The molecular formula is C4H9NO4S2. The zero-order valence-corrected chi connectivity index (χ0v) is 7.32. The third-order valence-electron chi connectivity index (χ3n) is 0.800. The molecule has 0 aromatic carbocycles. The maximum absolute atomic E-state index is 10.1. The van der Waals surface area contributed by atoms with Crippen LogP contribution in [0, 0.1) is 0 Å². The standard InChI is InChI=1S/C4H9NO4S2/c5-4(6)2-1-3-10-11(7,8)9/h1-3H2,(H2,5,6)(H,7,8,9). The molecule has 0 spiro atoms. The van der Waals surface area contributed by atoms with Crippen molar-refractivity contribution in [2.24, 2.45) is 5.73 Å². The second-order valence-electron chi connectivity index (χ2n) is 1.82. The predicted molar refractivity (Wildman–Crippen MR) is 42.4 cm³/mol. The summed E-state index contributed by atoms with van der Waals surface area (Å²) < 4.78 is 28.4. The highest BCUT2D eigenvalue weighted by Gasteiger charge is 2.04. The van der Waals surface area contributed by atoms with E-state index in [-0.39, 0.29) is 12.2 Å². The molecule has 0 saturated heterocycles. The van der Waals surface area contributed by atoms with Gasteiger partial charge < -0.3 is 5.73 Å². The van der Waals surface area contributed by atoms with Gasteiger partial charge in [0.15, 0.2) is 0 Å². The van der Waals surface area contributed by atoms with E-state index in [1.165, 1.54) is 0 Å². The SMILES string of the molecule is NC(=O)CCCSS(=O)(=O)O. The average molecular weight is 199 g/mol. The van der Waals surface area contributed by atoms with Crippen LogP contribution in [0.2, 0.25) is 0 Å². The lowest BCUT2D eigenvalue weighted by Gasteiger charge is -1.94. The molecule has 0 aliphatic carbocycles. The van der Waals surface area contributed by atoms with E-state index in [0.717, 1.165) is 0 Å². The number of amides is 1. The molecule has 11 heavy (non-hydrogen) atoms. The first-order chi connectivity index (χ1) is 4.92. The summed E-state index contributed by atoms with van der Waals surface area (Å²) in [5.74, 6) is -0.289. The van der Waals surface area contributed by atoms with Crippen LogP contribution in [0.1, 0.15) is 12.8 Å². The first-order valence-electron chi connectivity index (χ1n) is 2.82. The van der Waals surface area contributed by atoms with E-state index < -0.39 is 15.1 Å². The van der Waals surface area contributed by atoms with E-state index in [1.807, 2.05) is 0 Å². The van der Waals surface area contributed by atoms with Crippen LogP contribution in [0.3, 0.4) is 0 Å². The fourth-order valence-electron chi connectivity index (χ4n) is 0.411. The third-order valence-corrected chi connectivity index (χ3v) is 2.95. The molecule has 7 heteroatoms. The van der Waals surface area contributed by atoms with E-state index in [9.17, 15) is 13.2 Å². The molecule has 0 saturated carbocycles. The molecule has 0 aliphatic heterocycles. The van der Waals surface area contributed by atoms with E-state index in [2.05, 4.69) is 0 Å². The minimum absolute atomic E-state index is 0.141. The molecule has 0 fully saturated rings. The Labute approximate surface area is 68.5 Å². The Morgan fingerprint density at radius 3 is 2.45 bits per heavy atom. The summed E-state index contributed by atoms with van der Waals surface area (Å²) in [5.41, 5.74) is 4.78. The number of carbonyl (C=O) groups is 1. The molecule has 0 heterocycles. The van der Waals surface area contributed by atoms with Crippen molar-refractivity contribution in [3.05, 3.63) is 0 Å². The Kier molecular flexibility index (Phi) is 4.46. The Morgan fingerprint density at radius 2 is 2.09 bits per heavy atom. The van der Waals surface area contributed by atoms with Gasteiger partial charge in [0.1, 0.15) is 0 Å². The lowest BCUT2D eigenvalue weighted by Crippen LogP contribution is -2.10. The lowest BCUT2D eigenvalue weighted by molar-refractivity contribution is -0.118. The van der Waals surface area contributed by atoms with Gasteiger partial charge in [0, 0.05) is 12.2 Å². The molecule has 66 valence electrons. The minimum atomic E-state index is -3.96. The Balaban J connectivity index is 3.37. The van der Waals surface area contributed by atoms with Gasteiger partial charge in [-0.05, 0) is 17.2 Å². The van der Waals surface area contributed by atoms with Crippen LogP contribution in [0.5, 0.6) is 0 Å². The highest BCUT2D eigenvalue weighted by atomic mass is 33.1. The molecule has 0 aromatic heterocycles. The van der Waals surface area contributed by atoms with Gasteiger partial charge in [-0.15, -0.1) is 0 Å². The molecule has 0 bridgehead atoms. The zero-order chi connectivity index (χ0) is 8.91. The third kappa shape index (κ3) is 9.73. The molecule has 0 unspecified atom stereocenters. The van der Waals surface area contributed by atoms with Crippen LogP contribution in [-0.4, -0.2) is 24.6 Å². The Morgan fingerprint density at radius 1 is 1.55 bits per heavy atom. The molecular weight excluding hydrogens is 190 g/mol. The molecule has 5 nitrogen and oxygen atoms in total. The molecule has 0 atom stereocenters. The highest BCUT2D eigenvalue weighted by molar-refractivity contribution is 8.69. The van der Waals surface area contributed by atoms with Gasteiger partial charge in [-0.25, -0.2) is 0 Å². The van der Waals surface area contributed by atoms with Gasteiger partial charge in [0.05, 0.1) is 0 Å². The fraction of sp³-hybridized carbons (Fsp3) is 0.750. The second kappa shape index (κ2) is 4.58. The maximum Gasteiger partial charge on any atom is 0.319 e. The highest BCUT2D eigenvalue weighted by Crippen LogP contribution is 2.10. The lowest BCUT2D eigenvalue weighted by atomic mass is 10.3. The molecule has 0 aliphatic rings. The van der Waals surface area contributed by atoms with Crippen LogP contribution in [0.25, 0.3) is 0 Å². The van der Waals surface area contributed by atoms with Crippen molar-refractivity contribution in [1.29, 1.82) is 0 Å². The summed E-state index contributed by atoms with van der Waals surface area (Å²) in [6.07, 6.45) is 0.502. The summed E-state index contributed by atoms with van der Waals surface area (Å²) in [4.78, 5) is 10.1. The van der Waals surface area contributed by atoms with Crippen molar-refractivity contribution >= 4 is 25.9 Å². The van der Waals surface area contributed by atoms with Crippen molar-refractivity contribution in [2.75, 3.05) is 5.75 Å². The zero-order valence-electron chi connectivity index (χ0n) is 5.69. The number of primary amides is 1. The van der Waals surface area contributed by atoms with E-state index in [1.54, 1.807) is 0 Å². The van der Waals surface area contributed by atoms with Gasteiger partial charge in [-0.2, -0.15) is 8.42 Å². The molecule has 0 rings (SSSR count). The number of hydrogen-bond acceptors (Lipinski definition) is 4. The summed E-state index contributed by atoms with van der Waals surface area (Å²) in [6, 6.07) is 0. The van der Waals surface area contributed by atoms with Crippen molar-refractivity contribution in [3.8, 4) is 0 Å². The minimum Gasteiger partial charge on any atom is -0.370 e. The maximum atomic E-state index is 10.1. The Hall–Kier alpha value is -0.270. The monoisotopic (exact) mass is 199 g/mol. The van der Waals surface area contributed by atoms with Crippen molar-refractivity contribution < 1.29 is 17.8 Å². The summed E-state index contributed by atoms with van der Waals surface area (Å²) >= 11 is 0. The number of rotatable bonds is 5. The topological polar surface area (TPSA) is 97.5 Å². The van der Waals surface area contributed by atoms with E-state index >= 15 is 0 Å². The van der Waals surface area contributed by atoms with Gasteiger partial charge in [-0.1, -0.05) is 0 Å². The molecule has 0 aromatic rings. The largest absolute Gasteiger partial charge is 0.370 e. The Bertz CT molecular complexity index is 222. The number of hydrogen-bond donors (Lipinski definition) is 2. The quantitative estimate of drug-likeness (QED) is 0.362. The second-order valence-corrected chi connectivity index (χ2v) is 5.29. The number of nitrogens with two attached hydrogens (primary N) is 1. The van der Waals surface area contributed by atoms with Gasteiger partial charge in [0.25, 0.3) is 0 Å².